The zero-order chi connectivity index (χ0) is 24.3. The Bertz CT molecular complexity index is 1180. The van der Waals surface area contributed by atoms with Crippen molar-refractivity contribution in [2.75, 3.05) is 6.54 Å². The van der Waals surface area contributed by atoms with Gasteiger partial charge in [-0.05, 0) is 37.0 Å². The lowest BCUT2D eigenvalue weighted by molar-refractivity contribution is -0.141. The van der Waals surface area contributed by atoms with E-state index in [-0.39, 0.29) is 29.0 Å². The highest BCUT2D eigenvalue weighted by molar-refractivity contribution is 7.90. The van der Waals surface area contributed by atoms with Gasteiger partial charge in [0.1, 0.15) is 17.5 Å². The number of rotatable bonds is 8. The molecule has 0 aromatic heterocycles. The molecule has 2 aromatic rings. The van der Waals surface area contributed by atoms with Crippen LogP contribution >= 0.6 is 0 Å². The molecule has 180 valence electrons. The number of hydrogen-bond acceptors (Lipinski definition) is 5. The highest BCUT2D eigenvalue weighted by Crippen LogP contribution is 2.30. The molecule has 2 aliphatic rings. The van der Waals surface area contributed by atoms with E-state index < -0.39 is 34.4 Å². The molecule has 1 saturated carbocycles. The van der Waals surface area contributed by atoms with E-state index in [1.165, 1.54) is 23.1 Å². The highest BCUT2D eigenvalue weighted by Gasteiger charge is 2.43. The van der Waals surface area contributed by atoms with E-state index >= 15 is 0 Å². The van der Waals surface area contributed by atoms with Crippen LogP contribution in [0.15, 0.2) is 59.5 Å². The quantitative estimate of drug-likeness (QED) is 0.622. The Kier molecular flexibility index (Phi) is 7.02. The predicted octanol–water partition coefficient (Wildman–Crippen LogP) is 2.70. The summed E-state index contributed by atoms with van der Waals surface area (Å²) in [5.41, 5.74) is 0.859. The van der Waals surface area contributed by atoms with Gasteiger partial charge >= 0.3 is 0 Å². The van der Waals surface area contributed by atoms with Gasteiger partial charge in [0.15, 0.2) is 0 Å². The van der Waals surface area contributed by atoms with Gasteiger partial charge in [0.25, 0.3) is 15.9 Å². The van der Waals surface area contributed by atoms with Crippen LogP contribution in [0, 0.1) is 0 Å². The summed E-state index contributed by atoms with van der Waals surface area (Å²) in [5, 5.41) is 3.05. The zero-order valence-electron chi connectivity index (χ0n) is 19.1. The van der Waals surface area contributed by atoms with E-state index in [2.05, 4.69) is 5.32 Å². The molecule has 0 bridgehead atoms. The van der Waals surface area contributed by atoms with Crippen LogP contribution in [-0.4, -0.2) is 54.0 Å². The van der Waals surface area contributed by atoms with Crippen molar-refractivity contribution in [2.45, 2.75) is 62.6 Å². The second-order valence-corrected chi connectivity index (χ2v) is 10.6. The minimum atomic E-state index is -4.13. The largest absolute Gasteiger partial charge is 0.352 e. The average molecular weight is 484 g/mol. The van der Waals surface area contributed by atoms with Crippen LogP contribution in [0.4, 0.5) is 0 Å². The van der Waals surface area contributed by atoms with Gasteiger partial charge in [-0.2, -0.15) is 0 Å². The number of amides is 3. The smallest absolute Gasteiger partial charge is 0.269 e. The lowest BCUT2D eigenvalue weighted by Crippen LogP contribution is -2.53. The van der Waals surface area contributed by atoms with Gasteiger partial charge in [0.05, 0.1) is 5.56 Å². The molecule has 4 rings (SSSR count). The van der Waals surface area contributed by atoms with Gasteiger partial charge in [-0.15, -0.1) is 0 Å². The molecule has 1 aliphatic carbocycles. The Morgan fingerprint density at radius 2 is 1.71 bits per heavy atom. The molecule has 0 radical (unpaired) electrons. The SMILES string of the molecule is CCC(C(=O)NC1CCCC1)N(Cc1ccccc1)C(=O)CN1C(=O)c2ccccc2S1(=O)=O. The monoisotopic (exact) mass is 483 g/mol. The van der Waals surface area contributed by atoms with Crippen LogP contribution in [0.2, 0.25) is 0 Å². The fourth-order valence-electron chi connectivity index (χ4n) is 4.67. The maximum absolute atomic E-state index is 13.5. The maximum Gasteiger partial charge on any atom is 0.269 e. The van der Waals surface area contributed by atoms with Crippen LogP contribution in [0.3, 0.4) is 0 Å². The Balaban J connectivity index is 1.60. The van der Waals surface area contributed by atoms with E-state index in [0.29, 0.717) is 10.7 Å². The molecule has 0 saturated heterocycles. The van der Waals surface area contributed by atoms with Crippen LogP contribution < -0.4 is 5.32 Å². The molecule has 1 atom stereocenters. The van der Waals surface area contributed by atoms with Crippen molar-refractivity contribution in [3.05, 3.63) is 65.7 Å². The number of hydrogen-bond donors (Lipinski definition) is 1. The van der Waals surface area contributed by atoms with Crippen LogP contribution in [0.25, 0.3) is 0 Å². The Morgan fingerprint density at radius 1 is 1.06 bits per heavy atom. The van der Waals surface area contributed by atoms with Crippen LogP contribution in [0.1, 0.15) is 54.9 Å². The van der Waals surface area contributed by atoms with E-state index in [1.54, 1.807) is 6.07 Å². The normalized spacial score (nSPS) is 17.9. The van der Waals surface area contributed by atoms with Crippen molar-refractivity contribution >= 4 is 27.7 Å². The lowest BCUT2D eigenvalue weighted by Gasteiger charge is -2.32. The number of benzene rings is 2. The van der Waals surface area contributed by atoms with Gasteiger partial charge in [-0.25, -0.2) is 12.7 Å². The van der Waals surface area contributed by atoms with Crippen LogP contribution in [-0.2, 0) is 26.2 Å². The minimum absolute atomic E-state index is 0.0518. The standard InChI is InChI=1S/C25H29N3O5S/c1-2-21(24(30)26-19-12-6-7-13-19)27(16-18-10-4-3-5-11-18)23(29)17-28-25(31)20-14-8-9-15-22(20)34(28,32)33/h3-5,8-11,14-15,19,21H,2,6-7,12-13,16-17H2,1H3,(H,26,30). The van der Waals surface area contributed by atoms with E-state index in [0.717, 1.165) is 31.2 Å². The molecule has 34 heavy (non-hydrogen) atoms. The van der Waals surface area contributed by atoms with Gasteiger partial charge in [-0.3, -0.25) is 14.4 Å². The van der Waals surface area contributed by atoms with E-state index in [1.807, 2.05) is 37.3 Å². The molecule has 1 aliphatic heterocycles. The van der Waals surface area contributed by atoms with E-state index in [9.17, 15) is 22.8 Å². The summed E-state index contributed by atoms with van der Waals surface area (Å²) in [6, 6.07) is 14.4. The maximum atomic E-state index is 13.5. The number of sulfonamides is 1. The molecule has 2 aromatic carbocycles. The first-order valence-corrected chi connectivity index (χ1v) is 13.1. The van der Waals surface area contributed by atoms with Gasteiger partial charge in [-0.1, -0.05) is 62.2 Å². The van der Waals surface area contributed by atoms with Crippen molar-refractivity contribution < 1.29 is 22.8 Å². The number of carbonyl (C=O) groups is 3. The number of nitrogens with one attached hydrogen (secondary N) is 1. The van der Waals surface area contributed by atoms with Crippen LogP contribution in [0.5, 0.6) is 0 Å². The third-order valence-electron chi connectivity index (χ3n) is 6.47. The molecule has 1 heterocycles. The number of carbonyl (C=O) groups excluding carboxylic acids is 3. The summed E-state index contributed by atoms with van der Waals surface area (Å²) >= 11 is 0. The first kappa shape index (κ1) is 23.9. The number of nitrogens with zero attached hydrogens (tertiary/aromatic N) is 2. The molecule has 1 unspecified atom stereocenters. The summed E-state index contributed by atoms with van der Waals surface area (Å²) in [5.74, 6) is -1.58. The molecular weight excluding hydrogens is 454 g/mol. The van der Waals surface area contributed by atoms with Crippen molar-refractivity contribution in [1.82, 2.24) is 14.5 Å². The highest BCUT2D eigenvalue weighted by atomic mass is 32.2. The van der Waals surface area contributed by atoms with Gasteiger partial charge in [0, 0.05) is 12.6 Å². The van der Waals surface area contributed by atoms with Crippen molar-refractivity contribution in [3.8, 4) is 0 Å². The minimum Gasteiger partial charge on any atom is -0.352 e. The van der Waals surface area contributed by atoms with Crippen molar-refractivity contribution in [2.24, 2.45) is 0 Å². The Hall–Kier alpha value is -3.20. The van der Waals surface area contributed by atoms with Gasteiger partial charge < -0.3 is 10.2 Å². The topological polar surface area (TPSA) is 104 Å². The summed E-state index contributed by atoms with van der Waals surface area (Å²) in [7, 11) is -4.13. The second kappa shape index (κ2) is 9.97. The summed E-state index contributed by atoms with van der Waals surface area (Å²) in [4.78, 5) is 40.8. The third-order valence-corrected chi connectivity index (χ3v) is 8.26. The van der Waals surface area contributed by atoms with Crippen molar-refractivity contribution in [3.63, 3.8) is 0 Å². The summed E-state index contributed by atoms with van der Waals surface area (Å²) in [6.07, 6.45) is 4.30. The van der Waals surface area contributed by atoms with Crippen molar-refractivity contribution in [1.29, 1.82) is 0 Å². The third kappa shape index (κ3) is 4.70. The van der Waals surface area contributed by atoms with E-state index in [4.69, 9.17) is 0 Å². The lowest BCUT2D eigenvalue weighted by atomic mass is 10.1. The second-order valence-electron chi connectivity index (χ2n) is 8.73. The molecular formula is C25H29N3O5S. The molecule has 8 nitrogen and oxygen atoms in total. The number of fused-ring (bicyclic) bond motifs is 1. The molecule has 9 heteroatoms. The predicted molar refractivity (Wildman–Crippen MR) is 126 cm³/mol. The summed E-state index contributed by atoms with van der Waals surface area (Å²) < 4.78 is 26.5. The zero-order valence-corrected chi connectivity index (χ0v) is 20.0. The first-order chi connectivity index (χ1) is 16.3. The Morgan fingerprint density at radius 3 is 2.35 bits per heavy atom. The fourth-order valence-corrected chi connectivity index (χ4v) is 6.19. The summed E-state index contributed by atoms with van der Waals surface area (Å²) in [6.45, 7) is 1.29. The molecule has 1 N–H and O–H groups in total. The first-order valence-electron chi connectivity index (χ1n) is 11.6. The molecule has 0 spiro atoms. The fraction of sp³-hybridized carbons (Fsp3) is 0.400. The Labute approximate surface area is 200 Å². The average Bonchev–Trinajstić information content (AvgIpc) is 3.41. The van der Waals surface area contributed by atoms with Gasteiger partial charge in [0.2, 0.25) is 11.8 Å². The molecule has 3 amide bonds. The molecule has 1 fully saturated rings.